The van der Waals surface area contributed by atoms with E-state index in [1.807, 2.05) is 0 Å². The van der Waals surface area contributed by atoms with Crippen molar-refractivity contribution in [2.75, 3.05) is 13.1 Å². The Morgan fingerprint density at radius 3 is 2.88 bits per heavy atom. The summed E-state index contributed by atoms with van der Waals surface area (Å²) in [5.74, 6) is 0.757. The standard InChI is InChI=1S/C16H29N/c1-15(2)14-17-13-9-8-12-16-10-6-4-3-5-7-11-16/h8,10,12,15,17H,3-7,9,11,13-14H2,1-2H3/b12-8+,16-10?. The van der Waals surface area contributed by atoms with Crippen LogP contribution in [0.5, 0.6) is 0 Å². The molecule has 17 heavy (non-hydrogen) atoms. The van der Waals surface area contributed by atoms with Crippen LogP contribution in [0.4, 0.5) is 0 Å². The Morgan fingerprint density at radius 1 is 1.24 bits per heavy atom. The molecule has 1 aliphatic carbocycles. The van der Waals surface area contributed by atoms with Gasteiger partial charge in [0.1, 0.15) is 0 Å². The van der Waals surface area contributed by atoms with E-state index < -0.39 is 0 Å². The number of hydrogen-bond donors (Lipinski definition) is 1. The molecule has 1 nitrogen and oxygen atoms in total. The summed E-state index contributed by atoms with van der Waals surface area (Å²) < 4.78 is 0. The Hall–Kier alpha value is -0.560. The minimum atomic E-state index is 0.757. The topological polar surface area (TPSA) is 12.0 Å². The van der Waals surface area contributed by atoms with Crippen LogP contribution in [0.1, 0.15) is 58.8 Å². The molecule has 0 heterocycles. The Balaban J connectivity index is 2.13. The van der Waals surface area contributed by atoms with Crippen LogP contribution in [0.25, 0.3) is 0 Å². The first-order chi connectivity index (χ1) is 8.29. The molecule has 98 valence electrons. The van der Waals surface area contributed by atoms with Crippen LogP contribution in [0, 0.1) is 5.92 Å². The van der Waals surface area contributed by atoms with Crippen molar-refractivity contribution < 1.29 is 0 Å². The van der Waals surface area contributed by atoms with Crippen molar-refractivity contribution in [2.24, 2.45) is 5.92 Å². The fourth-order valence-corrected chi connectivity index (χ4v) is 2.18. The fraction of sp³-hybridized carbons (Fsp3) is 0.750. The van der Waals surface area contributed by atoms with Crippen LogP contribution in [0.15, 0.2) is 23.8 Å². The lowest BCUT2D eigenvalue weighted by Crippen LogP contribution is -2.20. The summed E-state index contributed by atoms with van der Waals surface area (Å²) in [5.41, 5.74) is 1.56. The first-order valence-corrected chi connectivity index (χ1v) is 7.35. The third kappa shape index (κ3) is 8.20. The molecule has 0 saturated carbocycles. The molecule has 0 aromatic heterocycles. The van der Waals surface area contributed by atoms with E-state index >= 15 is 0 Å². The monoisotopic (exact) mass is 235 g/mol. The summed E-state index contributed by atoms with van der Waals surface area (Å²) in [7, 11) is 0. The van der Waals surface area contributed by atoms with Gasteiger partial charge in [0.2, 0.25) is 0 Å². The van der Waals surface area contributed by atoms with Crippen molar-refractivity contribution in [3.8, 4) is 0 Å². The smallest absolute Gasteiger partial charge is 0.00140 e. The van der Waals surface area contributed by atoms with E-state index in [0.29, 0.717) is 0 Å². The molecule has 0 saturated heterocycles. The largest absolute Gasteiger partial charge is 0.316 e. The molecule has 0 radical (unpaired) electrons. The second kappa shape index (κ2) is 9.47. The quantitative estimate of drug-likeness (QED) is 0.670. The lowest BCUT2D eigenvalue weighted by Gasteiger charge is -2.08. The predicted octanol–water partition coefficient (Wildman–Crippen LogP) is 4.46. The summed E-state index contributed by atoms with van der Waals surface area (Å²) in [6, 6.07) is 0. The van der Waals surface area contributed by atoms with Gasteiger partial charge in [0.25, 0.3) is 0 Å². The van der Waals surface area contributed by atoms with Crippen LogP contribution in [0.2, 0.25) is 0 Å². The van der Waals surface area contributed by atoms with E-state index in [2.05, 4.69) is 37.4 Å². The minimum absolute atomic E-state index is 0.757. The van der Waals surface area contributed by atoms with Crippen molar-refractivity contribution in [1.82, 2.24) is 5.32 Å². The number of hydrogen-bond acceptors (Lipinski definition) is 1. The molecular formula is C16H29N. The van der Waals surface area contributed by atoms with Crippen LogP contribution in [-0.4, -0.2) is 13.1 Å². The second-order valence-electron chi connectivity index (χ2n) is 5.52. The number of nitrogens with one attached hydrogen (secondary N) is 1. The molecule has 1 heteroatoms. The maximum atomic E-state index is 3.47. The summed E-state index contributed by atoms with van der Waals surface area (Å²) in [5, 5.41) is 3.47. The molecule has 0 fully saturated rings. The molecule has 0 amide bonds. The minimum Gasteiger partial charge on any atom is -0.316 e. The zero-order chi connectivity index (χ0) is 12.3. The van der Waals surface area contributed by atoms with Crippen LogP contribution in [0.3, 0.4) is 0 Å². The molecule has 1 aliphatic rings. The van der Waals surface area contributed by atoms with Crippen LogP contribution < -0.4 is 5.32 Å². The van der Waals surface area contributed by atoms with E-state index in [-0.39, 0.29) is 0 Å². The van der Waals surface area contributed by atoms with E-state index in [9.17, 15) is 0 Å². The molecular weight excluding hydrogens is 206 g/mol. The second-order valence-corrected chi connectivity index (χ2v) is 5.52. The molecule has 0 atom stereocenters. The summed E-state index contributed by atoms with van der Waals surface area (Å²) in [4.78, 5) is 0. The lowest BCUT2D eigenvalue weighted by atomic mass is 9.99. The van der Waals surface area contributed by atoms with E-state index in [0.717, 1.165) is 25.4 Å². The molecule has 1 N–H and O–H groups in total. The van der Waals surface area contributed by atoms with Gasteiger partial charge in [0.15, 0.2) is 0 Å². The third-order valence-electron chi connectivity index (χ3n) is 3.20. The lowest BCUT2D eigenvalue weighted by molar-refractivity contribution is 0.556. The Morgan fingerprint density at radius 2 is 2.06 bits per heavy atom. The normalized spacial score (nSPS) is 18.2. The van der Waals surface area contributed by atoms with Gasteiger partial charge in [-0.15, -0.1) is 0 Å². The van der Waals surface area contributed by atoms with Gasteiger partial charge in [-0.3, -0.25) is 0 Å². The van der Waals surface area contributed by atoms with Crippen molar-refractivity contribution in [3.63, 3.8) is 0 Å². The summed E-state index contributed by atoms with van der Waals surface area (Å²) in [6.07, 6.45) is 16.5. The van der Waals surface area contributed by atoms with E-state index in [1.54, 1.807) is 5.57 Å². The molecule has 0 aliphatic heterocycles. The Kier molecular flexibility index (Phi) is 8.08. The van der Waals surface area contributed by atoms with E-state index in [1.165, 1.54) is 38.5 Å². The Labute approximate surface area is 107 Å². The average Bonchev–Trinajstić information content (AvgIpc) is 2.25. The fourth-order valence-electron chi connectivity index (χ4n) is 2.18. The molecule has 0 bridgehead atoms. The average molecular weight is 235 g/mol. The highest BCUT2D eigenvalue weighted by Crippen LogP contribution is 2.17. The highest BCUT2D eigenvalue weighted by atomic mass is 14.8. The van der Waals surface area contributed by atoms with Gasteiger partial charge in [-0.2, -0.15) is 0 Å². The molecule has 0 aromatic rings. The van der Waals surface area contributed by atoms with Gasteiger partial charge in [-0.05, 0) is 51.1 Å². The van der Waals surface area contributed by atoms with Gasteiger partial charge in [-0.25, -0.2) is 0 Å². The summed E-state index contributed by atoms with van der Waals surface area (Å²) in [6.45, 7) is 6.75. The van der Waals surface area contributed by atoms with Gasteiger partial charge in [0, 0.05) is 0 Å². The van der Waals surface area contributed by atoms with Crippen molar-refractivity contribution >= 4 is 0 Å². The predicted molar refractivity (Wildman–Crippen MR) is 77.2 cm³/mol. The number of rotatable bonds is 6. The van der Waals surface area contributed by atoms with Crippen molar-refractivity contribution in [1.29, 1.82) is 0 Å². The summed E-state index contributed by atoms with van der Waals surface area (Å²) >= 11 is 0. The van der Waals surface area contributed by atoms with E-state index in [4.69, 9.17) is 0 Å². The highest BCUT2D eigenvalue weighted by molar-refractivity contribution is 5.18. The number of allylic oxidation sites excluding steroid dienone is 3. The van der Waals surface area contributed by atoms with Gasteiger partial charge in [0.05, 0.1) is 0 Å². The maximum Gasteiger partial charge on any atom is -0.00140 e. The molecule has 0 aromatic carbocycles. The Bertz CT molecular complexity index is 238. The molecule has 1 rings (SSSR count). The first kappa shape index (κ1) is 14.5. The van der Waals surface area contributed by atoms with Gasteiger partial charge >= 0.3 is 0 Å². The van der Waals surface area contributed by atoms with Crippen molar-refractivity contribution in [2.45, 2.75) is 58.8 Å². The maximum absolute atomic E-state index is 3.47. The highest BCUT2D eigenvalue weighted by Gasteiger charge is 1.98. The molecule has 0 unspecified atom stereocenters. The SMILES string of the molecule is CC(C)CNCC/C=C/C1=CCCCCCC1. The first-order valence-electron chi connectivity index (χ1n) is 7.35. The van der Waals surface area contributed by atoms with Gasteiger partial charge < -0.3 is 5.32 Å². The van der Waals surface area contributed by atoms with Crippen LogP contribution >= 0.6 is 0 Å². The van der Waals surface area contributed by atoms with Gasteiger partial charge in [-0.1, -0.05) is 50.5 Å². The van der Waals surface area contributed by atoms with Crippen molar-refractivity contribution in [3.05, 3.63) is 23.8 Å². The zero-order valence-corrected chi connectivity index (χ0v) is 11.7. The van der Waals surface area contributed by atoms with Crippen LogP contribution in [-0.2, 0) is 0 Å². The third-order valence-corrected chi connectivity index (χ3v) is 3.20. The molecule has 0 spiro atoms. The zero-order valence-electron chi connectivity index (χ0n) is 11.7.